The highest BCUT2D eigenvalue weighted by atomic mass is 15.5. The molecule has 2 heteroatoms. The van der Waals surface area contributed by atoms with Gasteiger partial charge in [-0.25, -0.2) is 0 Å². The summed E-state index contributed by atoms with van der Waals surface area (Å²) in [6, 6.07) is 0.412. The molecule has 1 saturated carbocycles. The first-order valence-corrected chi connectivity index (χ1v) is 7.36. The largest absolute Gasteiger partial charge is 0.268 e. The first-order chi connectivity index (χ1) is 8.41. The highest BCUT2D eigenvalue weighted by Crippen LogP contribution is 2.64. The van der Waals surface area contributed by atoms with Gasteiger partial charge in [0.05, 0.1) is 0 Å². The Bertz CT molecular complexity index is 369. The third-order valence-corrected chi connectivity index (χ3v) is 5.52. The summed E-state index contributed by atoms with van der Waals surface area (Å²) in [7, 11) is 0. The highest BCUT2D eigenvalue weighted by molar-refractivity contribution is 5.25. The van der Waals surface area contributed by atoms with E-state index in [1.165, 1.54) is 37.0 Å². The van der Waals surface area contributed by atoms with E-state index in [-0.39, 0.29) is 0 Å². The summed E-state index contributed by atoms with van der Waals surface area (Å²) < 4.78 is 0. The van der Waals surface area contributed by atoms with Crippen LogP contribution in [0.1, 0.15) is 60.3 Å². The van der Waals surface area contributed by atoms with Crippen molar-refractivity contribution in [2.75, 3.05) is 0 Å². The third-order valence-electron chi connectivity index (χ3n) is 5.52. The molecule has 2 rings (SSSR count). The molecule has 0 spiro atoms. The maximum Gasteiger partial charge on any atom is 0.0465 e. The van der Waals surface area contributed by atoms with Crippen LogP contribution in [0.3, 0.4) is 0 Å². The summed E-state index contributed by atoms with van der Waals surface area (Å²) in [5, 5.41) is 6.36. The maximum atomic E-state index is 4.23. The zero-order valence-electron chi connectivity index (χ0n) is 12.7. The Hall–Kier alpha value is -0.790. The molecule has 3 unspecified atom stereocenters. The van der Waals surface area contributed by atoms with Crippen LogP contribution in [0.2, 0.25) is 0 Å². The number of hydrazone groups is 1. The van der Waals surface area contributed by atoms with E-state index >= 15 is 0 Å². The Labute approximate surface area is 112 Å². The van der Waals surface area contributed by atoms with E-state index in [9.17, 15) is 0 Å². The van der Waals surface area contributed by atoms with Crippen molar-refractivity contribution in [1.29, 1.82) is 0 Å². The van der Waals surface area contributed by atoms with Gasteiger partial charge in [0.1, 0.15) is 0 Å². The molecule has 0 heterocycles. The van der Waals surface area contributed by atoms with Gasteiger partial charge in [-0.3, -0.25) is 5.01 Å². The van der Waals surface area contributed by atoms with Crippen LogP contribution >= 0.6 is 0 Å². The number of fused-ring (bicyclic) bond motifs is 1. The molecular weight excluding hydrogens is 220 g/mol. The molecular formula is C16H28N2. The molecule has 3 atom stereocenters. The van der Waals surface area contributed by atoms with Crippen LogP contribution in [-0.4, -0.2) is 17.8 Å². The van der Waals surface area contributed by atoms with Crippen molar-refractivity contribution in [2.24, 2.45) is 22.4 Å². The normalized spacial score (nSPS) is 39.9. The summed E-state index contributed by atoms with van der Waals surface area (Å²) in [5.41, 5.74) is 3.58. The minimum Gasteiger partial charge on any atom is -0.268 e. The van der Waals surface area contributed by atoms with Crippen LogP contribution in [0, 0.1) is 17.3 Å². The van der Waals surface area contributed by atoms with Gasteiger partial charge in [0.25, 0.3) is 0 Å². The lowest BCUT2D eigenvalue weighted by atomic mass is 9.90. The van der Waals surface area contributed by atoms with Gasteiger partial charge >= 0.3 is 0 Å². The Kier molecular flexibility index (Phi) is 3.57. The minimum absolute atomic E-state index is 0.412. The zero-order valence-corrected chi connectivity index (χ0v) is 12.7. The second-order valence-electron chi connectivity index (χ2n) is 6.75. The summed E-state index contributed by atoms with van der Waals surface area (Å²) in [6.07, 6.45) is 5.07. The molecule has 0 N–H and O–H groups in total. The molecule has 2 nitrogen and oxygen atoms in total. The van der Waals surface area contributed by atoms with Crippen LogP contribution < -0.4 is 0 Å². The first-order valence-electron chi connectivity index (χ1n) is 7.36. The molecule has 102 valence electrons. The van der Waals surface area contributed by atoms with Crippen molar-refractivity contribution in [1.82, 2.24) is 5.01 Å². The Morgan fingerprint density at radius 3 is 2.61 bits per heavy atom. The SMILES string of the molecule is C=NN(/C1=C(\C)CCC2(C)C(C)C2CC1)C(C)C. The average molecular weight is 248 g/mol. The quantitative estimate of drug-likeness (QED) is 0.533. The fraction of sp³-hybridized carbons (Fsp3) is 0.812. The van der Waals surface area contributed by atoms with E-state index in [4.69, 9.17) is 0 Å². The van der Waals surface area contributed by atoms with Crippen molar-refractivity contribution >= 4 is 6.72 Å². The molecule has 0 aromatic heterocycles. The summed E-state index contributed by atoms with van der Waals surface area (Å²) in [6.45, 7) is 15.3. The van der Waals surface area contributed by atoms with Crippen molar-refractivity contribution in [3.63, 3.8) is 0 Å². The molecule has 0 radical (unpaired) electrons. The van der Waals surface area contributed by atoms with Crippen LogP contribution in [0.25, 0.3) is 0 Å². The van der Waals surface area contributed by atoms with Crippen molar-refractivity contribution in [3.05, 3.63) is 11.3 Å². The Morgan fingerprint density at radius 1 is 1.39 bits per heavy atom. The van der Waals surface area contributed by atoms with Gasteiger partial charge in [-0.15, -0.1) is 0 Å². The van der Waals surface area contributed by atoms with Crippen LogP contribution in [0.15, 0.2) is 16.4 Å². The van der Waals surface area contributed by atoms with Crippen molar-refractivity contribution < 1.29 is 0 Å². The fourth-order valence-electron chi connectivity index (χ4n) is 3.88. The predicted octanol–water partition coefficient (Wildman–Crippen LogP) is 4.43. The first kappa shape index (κ1) is 13.6. The van der Waals surface area contributed by atoms with E-state index in [0.717, 1.165) is 11.8 Å². The lowest BCUT2D eigenvalue weighted by Crippen LogP contribution is -2.26. The van der Waals surface area contributed by atoms with E-state index in [0.29, 0.717) is 11.5 Å². The standard InChI is InChI=1S/C16H28N2/c1-11(2)18(17-6)15-8-7-14-13(4)16(14,5)10-9-12(15)3/h11,13-14H,6-10H2,1-5H3/b15-12+. The second kappa shape index (κ2) is 4.71. The molecule has 0 aromatic rings. The predicted molar refractivity (Wildman–Crippen MR) is 78.5 cm³/mol. The summed E-state index contributed by atoms with van der Waals surface area (Å²) in [4.78, 5) is 0. The van der Waals surface area contributed by atoms with Gasteiger partial charge in [-0.1, -0.05) is 19.4 Å². The van der Waals surface area contributed by atoms with Crippen LogP contribution in [0.5, 0.6) is 0 Å². The lowest BCUT2D eigenvalue weighted by Gasteiger charge is -2.29. The second-order valence-corrected chi connectivity index (χ2v) is 6.75. The number of allylic oxidation sites excluding steroid dienone is 2. The van der Waals surface area contributed by atoms with E-state index < -0.39 is 0 Å². The lowest BCUT2D eigenvalue weighted by molar-refractivity contribution is 0.275. The molecule has 1 fully saturated rings. The fourth-order valence-corrected chi connectivity index (χ4v) is 3.88. The molecule has 18 heavy (non-hydrogen) atoms. The van der Waals surface area contributed by atoms with Crippen molar-refractivity contribution in [3.8, 4) is 0 Å². The van der Waals surface area contributed by atoms with Crippen molar-refractivity contribution in [2.45, 2.75) is 66.3 Å². The monoisotopic (exact) mass is 248 g/mol. The number of hydrogen-bond acceptors (Lipinski definition) is 2. The molecule has 0 aromatic carbocycles. The number of hydrogen-bond donors (Lipinski definition) is 0. The van der Waals surface area contributed by atoms with Gasteiger partial charge < -0.3 is 0 Å². The third kappa shape index (κ3) is 2.10. The van der Waals surface area contributed by atoms with E-state index in [2.05, 4.69) is 51.4 Å². The van der Waals surface area contributed by atoms with Gasteiger partial charge in [-0.05, 0) is 63.7 Å². The molecule has 0 saturated heterocycles. The molecule has 0 amide bonds. The van der Waals surface area contributed by atoms with Gasteiger partial charge in [-0.2, -0.15) is 5.10 Å². The Morgan fingerprint density at radius 2 is 2.06 bits per heavy atom. The summed E-state index contributed by atoms with van der Waals surface area (Å²) in [5.74, 6) is 1.84. The topological polar surface area (TPSA) is 15.6 Å². The Balaban J connectivity index is 2.18. The minimum atomic E-state index is 0.412. The summed E-state index contributed by atoms with van der Waals surface area (Å²) >= 11 is 0. The van der Waals surface area contributed by atoms with Gasteiger partial charge in [0.2, 0.25) is 0 Å². The average Bonchev–Trinajstić information content (AvgIpc) is 2.81. The van der Waals surface area contributed by atoms with Gasteiger partial charge in [0.15, 0.2) is 0 Å². The number of rotatable bonds is 3. The number of nitrogens with zero attached hydrogens (tertiary/aromatic N) is 2. The zero-order chi connectivity index (χ0) is 13.5. The van der Waals surface area contributed by atoms with Gasteiger partial charge in [0, 0.05) is 18.5 Å². The maximum absolute atomic E-state index is 4.23. The van der Waals surface area contributed by atoms with E-state index in [1.54, 1.807) is 0 Å². The molecule has 2 aliphatic carbocycles. The smallest absolute Gasteiger partial charge is 0.0465 e. The van der Waals surface area contributed by atoms with Crippen LogP contribution in [-0.2, 0) is 0 Å². The van der Waals surface area contributed by atoms with Crippen LogP contribution in [0.4, 0.5) is 0 Å². The molecule has 2 aliphatic rings. The molecule has 0 aliphatic heterocycles. The van der Waals surface area contributed by atoms with E-state index in [1.807, 2.05) is 0 Å². The highest BCUT2D eigenvalue weighted by Gasteiger charge is 2.57. The molecule has 0 bridgehead atoms.